The number of imidazole rings is 1. The van der Waals surface area contributed by atoms with Gasteiger partial charge in [0, 0.05) is 16.4 Å². The van der Waals surface area contributed by atoms with Crippen LogP contribution < -0.4 is 0 Å². The third-order valence-corrected chi connectivity index (χ3v) is 2.89. The van der Waals surface area contributed by atoms with Crippen LogP contribution in [0.3, 0.4) is 0 Å². The Morgan fingerprint density at radius 2 is 2.29 bits per heavy atom. The lowest BCUT2D eigenvalue weighted by Crippen LogP contribution is -2.03. The van der Waals surface area contributed by atoms with Crippen molar-refractivity contribution in [2.75, 3.05) is 7.11 Å². The first-order valence-electron chi connectivity index (χ1n) is 4.89. The molecule has 6 heteroatoms. The highest BCUT2D eigenvalue weighted by atomic mass is 79.9. The Kier molecular flexibility index (Phi) is 3.23. The summed E-state index contributed by atoms with van der Waals surface area (Å²) in [5, 5.41) is 0. The molecule has 0 aliphatic carbocycles. The Labute approximate surface area is 106 Å². The molecular weight excluding hydrogens is 286 g/mol. The molecule has 88 valence electrons. The zero-order chi connectivity index (χ0) is 12.4. The van der Waals surface area contributed by atoms with Crippen LogP contribution in [-0.4, -0.2) is 28.0 Å². The number of aryl methyl sites for hydroxylation is 1. The summed E-state index contributed by atoms with van der Waals surface area (Å²) in [6.07, 6.45) is 1.66. The topological polar surface area (TPSA) is 67.9 Å². The van der Waals surface area contributed by atoms with E-state index in [0.717, 1.165) is 4.47 Å². The van der Waals surface area contributed by atoms with Gasteiger partial charge < -0.3 is 9.72 Å². The van der Waals surface area contributed by atoms with Crippen molar-refractivity contribution >= 4 is 21.9 Å². The number of nitrogens with zero attached hydrogens (tertiary/aromatic N) is 2. The summed E-state index contributed by atoms with van der Waals surface area (Å²) in [7, 11) is 1.33. The lowest BCUT2D eigenvalue weighted by atomic mass is 10.3. The minimum Gasteiger partial charge on any atom is -0.464 e. The predicted molar refractivity (Wildman–Crippen MR) is 65.6 cm³/mol. The number of nitrogens with one attached hydrogen (secondary N) is 1. The number of carbonyl (C=O) groups is 1. The molecular formula is C11H10BrN3O2. The summed E-state index contributed by atoms with van der Waals surface area (Å²) in [5.74, 6) is 0.0763. The molecule has 0 aliphatic heterocycles. The van der Waals surface area contributed by atoms with Crippen LogP contribution in [0.15, 0.2) is 22.8 Å². The lowest BCUT2D eigenvalue weighted by Gasteiger charge is -1.97. The van der Waals surface area contributed by atoms with Gasteiger partial charge in [0.1, 0.15) is 5.69 Å². The normalized spacial score (nSPS) is 10.3. The standard InChI is InChI=1S/C11H10BrN3O2/c1-6-8(11(16)17-2)15-10(14-6)9-7(12)4-3-5-13-9/h3-5H,1-2H3,(H,14,15). The first-order chi connectivity index (χ1) is 8.13. The number of aromatic nitrogens is 3. The van der Waals surface area contributed by atoms with Gasteiger partial charge in [0.25, 0.3) is 0 Å². The molecule has 0 saturated heterocycles. The average Bonchev–Trinajstić information content (AvgIpc) is 2.71. The van der Waals surface area contributed by atoms with Crippen LogP contribution in [0.4, 0.5) is 0 Å². The molecule has 0 spiro atoms. The van der Waals surface area contributed by atoms with E-state index in [2.05, 4.69) is 35.6 Å². The summed E-state index contributed by atoms with van der Waals surface area (Å²) < 4.78 is 5.45. The molecule has 0 atom stereocenters. The molecule has 2 aromatic rings. The van der Waals surface area contributed by atoms with Crippen LogP contribution in [-0.2, 0) is 4.74 Å². The number of esters is 1. The molecule has 0 saturated carbocycles. The van der Waals surface area contributed by atoms with Crippen LogP contribution in [0.5, 0.6) is 0 Å². The Morgan fingerprint density at radius 3 is 2.94 bits per heavy atom. The molecule has 5 nitrogen and oxygen atoms in total. The van der Waals surface area contributed by atoms with Gasteiger partial charge in [-0.3, -0.25) is 4.98 Å². The molecule has 0 radical (unpaired) electrons. The van der Waals surface area contributed by atoms with Gasteiger partial charge in [0.2, 0.25) is 0 Å². The summed E-state index contributed by atoms with van der Waals surface area (Å²) in [6.45, 7) is 1.76. The van der Waals surface area contributed by atoms with E-state index in [0.29, 0.717) is 17.2 Å². The fraction of sp³-hybridized carbons (Fsp3) is 0.182. The van der Waals surface area contributed by atoms with Crippen LogP contribution in [0.2, 0.25) is 0 Å². The third kappa shape index (κ3) is 2.21. The third-order valence-electron chi connectivity index (χ3n) is 2.25. The number of pyridine rings is 1. The van der Waals surface area contributed by atoms with Crippen molar-refractivity contribution < 1.29 is 9.53 Å². The van der Waals surface area contributed by atoms with Gasteiger partial charge in [-0.1, -0.05) is 0 Å². The highest BCUT2D eigenvalue weighted by Gasteiger charge is 2.17. The van der Waals surface area contributed by atoms with Crippen LogP contribution in [0, 0.1) is 6.92 Å². The van der Waals surface area contributed by atoms with Gasteiger partial charge in [-0.25, -0.2) is 9.78 Å². The lowest BCUT2D eigenvalue weighted by molar-refractivity contribution is 0.0594. The van der Waals surface area contributed by atoms with Gasteiger partial charge in [-0.05, 0) is 35.0 Å². The smallest absolute Gasteiger partial charge is 0.358 e. The van der Waals surface area contributed by atoms with Gasteiger partial charge in [-0.15, -0.1) is 0 Å². The zero-order valence-corrected chi connectivity index (χ0v) is 10.9. The maximum atomic E-state index is 11.4. The fourth-order valence-electron chi connectivity index (χ4n) is 1.43. The van der Waals surface area contributed by atoms with E-state index >= 15 is 0 Å². The maximum absolute atomic E-state index is 11.4. The molecule has 0 aliphatic rings. The van der Waals surface area contributed by atoms with Gasteiger partial charge >= 0.3 is 5.97 Å². The quantitative estimate of drug-likeness (QED) is 0.864. The average molecular weight is 296 g/mol. The minimum atomic E-state index is -0.461. The highest BCUT2D eigenvalue weighted by Crippen LogP contribution is 2.24. The predicted octanol–water partition coefficient (Wildman–Crippen LogP) is 2.33. The van der Waals surface area contributed by atoms with E-state index < -0.39 is 5.97 Å². The van der Waals surface area contributed by atoms with E-state index in [1.165, 1.54) is 7.11 Å². The Hall–Kier alpha value is -1.69. The van der Waals surface area contributed by atoms with E-state index in [4.69, 9.17) is 0 Å². The summed E-state index contributed by atoms with van der Waals surface area (Å²) in [4.78, 5) is 22.8. The van der Waals surface area contributed by atoms with Crippen molar-refractivity contribution in [1.82, 2.24) is 15.0 Å². The van der Waals surface area contributed by atoms with E-state index in [1.54, 1.807) is 13.1 Å². The monoisotopic (exact) mass is 295 g/mol. The van der Waals surface area contributed by atoms with Crippen molar-refractivity contribution in [3.05, 3.63) is 34.2 Å². The molecule has 0 bridgehead atoms. The summed E-state index contributed by atoms with van der Waals surface area (Å²) in [5.41, 5.74) is 1.59. The largest absolute Gasteiger partial charge is 0.464 e. The highest BCUT2D eigenvalue weighted by molar-refractivity contribution is 9.10. The fourth-order valence-corrected chi connectivity index (χ4v) is 1.87. The van der Waals surface area contributed by atoms with Gasteiger partial charge in [0.05, 0.1) is 7.11 Å². The SMILES string of the molecule is COC(=O)c1nc(-c2ncccc2Br)[nH]c1C. The van der Waals surface area contributed by atoms with Gasteiger partial charge in [-0.2, -0.15) is 0 Å². The van der Waals surface area contributed by atoms with E-state index in [1.807, 2.05) is 12.1 Å². The van der Waals surface area contributed by atoms with Crippen LogP contribution >= 0.6 is 15.9 Å². The van der Waals surface area contributed by atoms with Crippen molar-refractivity contribution in [2.24, 2.45) is 0 Å². The molecule has 2 heterocycles. The maximum Gasteiger partial charge on any atom is 0.358 e. The number of aromatic amines is 1. The second-order valence-corrected chi connectivity index (χ2v) is 4.24. The molecule has 0 amide bonds. The molecule has 17 heavy (non-hydrogen) atoms. The second-order valence-electron chi connectivity index (χ2n) is 3.38. The first kappa shape index (κ1) is 11.8. The number of hydrogen-bond donors (Lipinski definition) is 1. The molecule has 2 rings (SSSR count). The zero-order valence-electron chi connectivity index (χ0n) is 9.32. The Morgan fingerprint density at radius 1 is 1.53 bits per heavy atom. The number of methoxy groups -OCH3 is 1. The van der Waals surface area contributed by atoms with Gasteiger partial charge in [0.15, 0.2) is 11.5 Å². The molecule has 1 N–H and O–H groups in total. The first-order valence-corrected chi connectivity index (χ1v) is 5.68. The van der Waals surface area contributed by atoms with E-state index in [9.17, 15) is 4.79 Å². The number of halogens is 1. The van der Waals surface area contributed by atoms with Crippen molar-refractivity contribution in [1.29, 1.82) is 0 Å². The van der Waals surface area contributed by atoms with Crippen molar-refractivity contribution in [2.45, 2.75) is 6.92 Å². The number of H-pyrrole nitrogens is 1. The van der Waals surface area contributed by atoms with Crippen molar-refractivity contribution in [3.8, 4) is 11.5 Å². The Bertz CT molecular complexity index is 566. The minimum absolute atomic E-state index is 0.278. The summed E-state index contributed by atoms with van der Waals surface area (Å²) in [6, 6.07) is 3.67. The molecule has 0 unspecified atom stereocenters. The van der Waals surface area contributed by atoms with Crippen LogP contribution in [0.25, 0.3) is 11.5 Å². The number of rotatable bonds is 2. The summed E-state index contributed by atoms with van der Waals surface area (Å²) >= 11 is 3.38. The molecule has 0 aromatic carbocycles. The Balaban J connectivity index is 2.49. The number of ether oxygens (including phenoxy) is 1. The molecule has 2 aromatic heterocycles. The number of hydrogen-bond acceptors (Lipinski definition) is 4. The van der Waals surface area contributed by atoms with Crippen LogP contribution in [0.1, 0.15) is 16.2 Å². The number of carbonyl (C=O) groups excluding carboxylic acids is 1. The molecule has 0 fully saturated rings. The van der Waals surface area contributed by atoms with Crippen molar-refractivity contribution in [3.63, 3.8) is 0 Å². The van der Waals surface area contributed by atoms with E-state index in [-0.39, 0.29) is 5.69 Å². The second kappa shape index (κ2) is 4.67.